The number of carbonyl (C=O) groups excluding carboxylic acids is 2. The van der Waals surface area contributed by atoms with E-state index < -0.39 is 39.4 Å². The Bertz CT molecular complexity index is 1770. The van der Waals surface area contributed by atoms with Crippen LogP contribution in [0.15, 0.2) is 24.7 Å². The lowest BCUT2D eigenvalue weighted by Gasteiger charge is -2.37. The van der Waals surface area contributed by atoms with Gasteiger partial charge in [0.25, 0.3) is 5.91 Å². The molecule has 1 aliphatic rings. The molecule has 1 aliphatic heterocycles. The van der Waals surface area contributed by atoms with Gasteiger partial charge in [-0.25, -0.2) is 14.2 Å². The van der Waals surface area contributed by atoms with Gasteiger partial charge in [-0.15, -0.1) is 0 Å². The molecule has 226 valence electrons. The van der Waals surface area contributed by atoms with E-state index in [0.717, 1.165) is 0 Å². The van der Waals surface area contributed by atoms with Crippen molar-refractivity contribution in [1.82, 2.24) is 23.9 Å². The summed E-state index contributed by atoms with van der Waals surface area (Å²) in [5.41, 5.74) is 0.0879. The van der Waals surface area contributed by atoms with Crippen LogP contribution >= 0.6 is 0 Å². The highest BCUT2D eigenvalue weighted by Gasteiger charge is 2.31. The van der Waals surface area contributed by atoms with Crippen molar-refractivity contribution in [2.24, 2.45) is 7.05 Å². The van der Waals surface area contributed by atoms with Crippen LogP contribution in [-0.4, -0.2) is 72.7 Å². The van der Waals surface area contributed by atoms with Gasteiger partial charge in [0.1, 0.15) is 28.2 Å². The van der Waals surface area contributed by atoms with Gasteiger partial charge in [0, 0.05) is 55.6 Å². The second kappa shape index (κ2) is 10.5. The summed E-state index contributed by atoms with van der Waals surface area (Å²) in [6.45, 7) is 7.39. The number of pyridine rings is 1. The molecule has 1 saturated heterocycles. The number of imidazole rings is 1. The third-order valence-corrected chi connectivity index (χ3v) is 9.22. The summed E-state index contributed by atoms with van der Waals surface area (Å²) in [5.74, 6) is -2.40. The van der Waals surface area contributed by atoms with Crippen molar-refractivity contribution in [3.8, 4) is 5.75 Å². The first-order valence-corrected chi connectivity index (χ1v) is 15.3. The fourth-order valence-electron chi connectivity index (χ4n) is 5.00. The highest BCUT2D eigenvalue weighted by Crippen LogP contribution is 2.35. The largest absolute Gasteiger partial charge is 0.491 e. The average molecular weight is 606 g/mol. The van der Waals surface area contributed by atoms with E-state index in [2.05, 4.69) is 20.1 Å². The number of nitrogens with zero attached hydrogens (tertiary/aromatic N) is 5. The van der Waals surface area contributed by atoms with E-state index in [-0.39, 0.29) is 52.8 Å². The number of fused-ring (bicyclic) bond motifs is 2. The molecule has 1 aromatic carbocycles. The van der Waals surface area contributed by atoms with Crippen molar-refractivity contribution >= 4 is 50.0 Å². The first kappa shape index (κ1) is 29.2. The van der Waals surface area contributed by atoms with Gasteiger partial charge in [0.15, 0.2) is 11.4 Å². The molecule has 2 N–H and O–H groups in total. The number of hydrogen-bond donors (Lipinski definition) is 3. The van der Waals surface area contributed by atoms with Crippen LogP contribution < -0.4 is 19.7 Å². The lowest BCUT2D eigenvalue weighted by molar-refractivity contribution is 0.0570. The van der Waals surface area contributed by atoms with Crippen LogP contribution in [0.3, 0.4) is 0 Å². The minimum Gasteiger partial charge on any atom is -0.491 e. The minimum atomic E-state index is -3.07. The molecular formula is C27H33F2N7O5S. The molecule has 0 radical (unpaired) electrons. The summed E-state index contributed by atoms with van der Waals surface area (Å²) < 4.78 is 59.9. The van der Waals surface area contributed by atoms with Crippen molar-refractivity contribution in [2.45, 2.75) is 33.3 Å². The van der Waals surface area contributed by atoms with Gasteiger partial charge < -0.3 is 24.1 Å². The Kier molecular flexibility index (Phi) is 7.33. The molecule has 4 heterocycles. The van der Waals surface area contributed by atoms with E-state index in [1.54, 1.807) is 47.1 Å². The number of ether oxygens (including phenoxy) is 2. The van der Waals surface area contributed by atoms with Crippen LogP contribution in [0.5, 0.6) is 5.75 Å². The highest BCUT2D eigenvalue weighted by molar-refractivity contribution is 8.01. The second-order valence-electron chi connectivity index (χ2n) is 11.2. The zero-order valence-electron chi connectivity index (χ0n) is 24.1. The quantitative estimate of drug-likeness (QED) is 0.295. The predicted molar refractivity (Wildman–Crippen MR) is 156 cm³/mol. The maximum atomic E-state index is 15.7. The second-order valence-corrected chi connectivity index (χ2v) is 14.1. The molecule has 12 nitrogen and oxygen atoms in total. The SMILES string of the molecule is COc1c(NC(=O)c2c(F)cc(N3CC[SH](=O)(NC(=O)OC(C)(C)C)CC3)c3cn(C)nc23)cn2cc(C)nc2c1F. The van der Waals surface area contributed by atoms with Crippen molar-refractivity contribution in [3.05, 3.63) is 47.5 Å². The number of thiol groups is 1. The number of nitrogens with one attached hydrogen (secondary N) is 2. The van der Waals surface area contributed by atoms with E-state index in [1.807, 2.05) is 4.90 Å². The molecule has 0 saturated carbocycles. The lowest BCUT2D eigenvalue weighted by Crippen LogP contribution is -2.52. The molecule has 0 aliphatic carbocycles. The smallest absolute Gasteiger partial charge is 0.418 e. The van der Waals surface area contributed by atoms with Gasteiger partial charge in [-0.3, -0.25) is 18.4 Å². The number of hydrogen-bond acceptors (Lipinski definition) is 8. The van der Waals surface area contributed by atoms with Crippen molar-refractivity contribution < 1.29 is 32.1 Å². The summed E-state index contributed by atoms with van der Waals surface area (Å²) in [4.78, 5) is 31.6. The Hall–Kier alpha value is -4.27. The van der Waals surface area contributed by atoms with E-state index >= 15 is 8.78 Å². The first-order chi connectivity index (χ1) is 19.7. The number of halogens is 2. The van der Waals surface area contributed by atoms with Crippen LogP contribution in [-0.2, 0) is 21.9 Å². The molecule has 0 spiro atoms. The van der Waals surface area contributed by atoms with E-state index in [1.165, 1.54) is 28.5 Å². The topological polar surface area (TPSA) is 132 Å². The summed E-state index contributed by atoms with van der Waals surface area (Å²) in [7, 11) is -0.164. The minimum absolute atomic E-state index is 0.0123. The van der Waals surface area contributed by atoms with Crippen LogP contribution in [0.2, 0.25) is 0 Å². The fraction of sp³-hybridized carbons (Fsp3) is 0.407. The molecule has 2 amide bonds. The number of aromatic nitrogens is 4. The van der Waals surface area contributed by atoms with Crippen molar-refractivity contribution in [2.75, 3.05) is 41.9 Å². The van der Waals surface area contributed by atoms with E-state index in [9.17, 15) is 13.8 Å². The van der Waals surface area contributed by atoms with E-state index in [4.69, 9.17) is 9.47 Å². The maximum Gasteiger partial charge on any atom is 0.418 e. The zero-order chi connectivity index (χ0) is 30.6. The summed E-state index contributed by atoms with van der Waals surface area (Å²) in [5, 5.41) is 7.41. The number of anilines is 2. The third-order valence-electron chi connectivity index (χ3n) is 6.78. The Balaban J connectivity index is 1.42. The number of benzene rings is 1. The Morgan fingerprint density at radius 1 is 1.12 bits per heavy atom. The summed E-state index contributed by atoms with van der Waals surface area (Å²) >= 11 is 0. The Morgan fingerprint density at radius 3 is 2.45 bits per heavy atom. The lowest BCUT2D eigenvalue weighted by atomic mass is 10.1. The standard InChI is InChI=1S/C27H33F2N7O5S/c1-15-12-36-14-18(23(40-6)21(29)24(36)30-15)31-25(37)20-17(28)11-19(16-13-34(5)32-22(16)20)35-7-9-42(39,10-8-35)33-26(38)41-27(2,3)4/h11-14,42H,7-10H2,1-6H3,(H,31,37)(H,33,38,39). The first-order valence-electron chi connectivity index (χ1n) is 13.2. The Morgan fingerprint density at radius 2 is 1.81 bits per heavy atom. The van der Waals surface area contributed by atoms with Gasteiger partial charge in [0.2, 0.25) is 5.82 Å². The van der Waals surface area contributed by atoms with Gasteiger partial charge in [-0.1, -0.05) is 0 Å². The van der Waals surface area contributed by atoms with Crippen LogP contribution in [0.1, 0.15) is 36.8 Å². The predicted octanol–water partition coefficient (Wildman–Crippen LogP) is 3.34. The van der Waals surface area contributed by atoms with Crippen molar-refractivity contribution in [1.29, 1.82) is 0 Å². The molecule has 1 fully saturated rings. The number of rotatable bonds is 5. The summed E-state index contributed by atoms with van der Waals surface area (Å²) in [6.07, 6.45) is 3.94. The van der Waals surface area contributed by atoms with E-state index in [0.29, 0.717) is 16.8 Å². The maximum absolute atomic E-state index is 15.7. The van der Waals surface area contributed by atoms with Crippen LogP contribution in [0.4, 0.5) is 25.0 Å². The summed E-state index contributed by atoms with van der Waals surface area (Å²) in [6, 6.07) is 1.23. The molecule has 0 atom stereocenters. The van der Waals surface area contributed by atoms with Crippen LogP contribution in [0.25, 0.3) is 16.6 Å². The number of amides is 2. The molecular weight excluding hydrogens is 572 g/mol. The fourth-order valence-corrected chi connectivity index (χ4v) is 6.95. The van der Waals surface area contributed by atoms with Crippen molar-refractivity contribution in [3.63, 3.8) is 0 Å². The van der Waals surface area contributed by atoms with Gasteiger partial charge >= 0.3 is 6.09 Å². The van der Waals surface area contributed by atoms with Crippen LogP contribution in [0, 0.1) is 18.6 Å². The van der Waals surface area contributed by atoms with Gasteiger partial charge in [-0.05, 0) is 43.9 Å². The highest BCUT2D eigenvalue weighted by atomic mass is 32.3. The normalized spacial score (nSPS) is 16.0. The number of carbonyl (C=O) groups is 2. The molecule has 0 bridgehead atoms. The van der Waals surface area contributed by atoms with Gasteiger partial charge in [-0.2, -0.15) is 9.49 Å². The molecule has 3 aromatic heterocycles. The van der Waals surface area contributed by atoms with Gasteiger partial charge in [0.05, 0.1) is 18.5 Å². The third kappa shape index (κ3) is 5.60. The molecule has 4 aromatic rings. The number of methoxy groups -OCH3 is 1. The molecule has 5 rings (SSSR count). The zero-order valence-corrected chi connectivity index (χ0v) is 25.0. The average Bonchev–Trinajstić information content (AvgIpc) is 3.44. The molecule has 15 heteroatoms. The number of aryl methyl sites for hydroxylation is 2. The Labute approximate surface area is 241 Å². The molecule has 0 unspecified atom stereocenters. The molecule has 42 heavy (non-hydrogen) atoms. The monoisotopic (exact) mass is 605 g/mol.